The molecule has 2 unspecified atom stereocenters. The van der Waals surface area contributed by atoms with Gasteiger partial charge >= 0.3 is 6.18 Å². The minimum atomic E-state index is -4.37. The van der Waals surface area contributed by atoms with E-state index in [1.807, 2.05) is 30.6 Å². The fourth-order valence-corrected chi connectivity index (χ4v) is 3.55. The Balaban J connectivity index is 1.75. The number of halogens is 3. The lowest BCUT2D eigenvalue weighted by atomic mass is 9.93. The smallest absolute Gasteiger partial charge is 0.352 e. The second kappa shape index (κ2) is 5.63. The third-order valence-electron chi connectivity index (χ3n) is 4.76. The Bertz CT molecular complexity index is 607. The topological polar surface area (TPSA) is 36.4 Å². The molecule has 1 amide bonds. The minimum absolute atomic E-state index is 0.111. The predicted molar refractivity (Wildman–Crippen MR) is 84.6 cm³/mol. The first-order valence-corrected chi connectivity index (χ1v) is 8.18. The molecule has 3 heterocycles. The second-order valence-corrected chi connectivity index (χ2v) is 7.66. The first-order chi connectivity index (χ1) is 11.1. The van der Waals surface area contributed by atoms with E-state index in [0.717, 1.165) is 25.1 Å². The number of anilines is 1. The van der Waals surface area contributed by atoms with E-state index in [-0.39, 0.29) is 18.0 Å². The summed E-state index contributed by atoms with van der Waals surface area (Å²) < 4.78 is 37.9. The molecular formula is C17H22F3N3O. The van der Waals surface area contributed by atoms with E-state index in [9.17, 15) is 18.0 Å². The highest BCUT2D eigenvalue weighted by Gasteiger charge is 2.45. The van der Waals surface area contributed by atoms with Gasteiger partial charge in [-0.15, -0.1) is 0 Å². The van der Waals surface area contributed by atoms with Crippen LogP contribution in [-0.4, -0.2) is 41.0 Å². The van der Waals surface area contributed by atoms with Crippen LogP contribution < -0.4 is 4.90 Å². The van der Waals surface area contributed by atoms with Crippen LogP contribution in [0.5, 0.6) is 0 Å². The average Bonchev–Trinajstić information content (AvgIpc) is 2.74. The lowest BCUT2D eigenvalue weighted by Gasteiger charge is -2.43. The Morgan fingerprint density at radius 3 is 2.12 bits per heavy atom. The molecule has 1 aromatic rings. The summed E-state index contributed by atoms with van der Waals surface area (Å²) in [6, 6.07) is 2.71. The van der Waals surface area contributed by atoms with Crippen LogP contribution in [0.1, 0.15) is 39.2 Å². The molecule has 0 radical (unpaired) electrons. The number of amides is 1. The molecule has 2 bridgehead atoms. The third kappa shape index (κ3) is 3.08. The highest BCUT2D eigenvalue weighted by atomic mass is 19.4. The molecule has 24 heavy (non-hydrogen) atoms. The number of carbonyl (C=O) groups is 1. The van der Waals surface area contributed by atoms with Gasteiger partial charge in [0.25, 0.3) is 0 Å². The Morgan fingerprint density at radius 2 is 1.71 bits per heavy atom. The summed E-state index contributed by atoms with van der Waals surface area (Å²) in [4.78, 5) is 20.6. The van der Waals surface area contributed by atoms with Crippen molar-refractivity contribution in [2.75, 3.05) is 18.0 Å². The van der Waals surface area contributed by atoms with E-state index in [2.05, 4.69) is 4.98 Å². The molecule has 7 heteroatoms. The summed E-state index contributed by atoms with van der Waals surface area (Å²) in [7, 11) is 0. The van der Waals surface area contributed by atoms with Gasteiger partial charge in [0.05, 0.1) is 5.56 Å². The highest BCUT2D eigenvalue weighted by Crippen LogP contribution is 2.36. The Labute approximate surface area is 139 Å². The summed E-state index contributed by atoms with van der Waals surface area (Å²) in [5.74, 6) is 0.692. The summed E-state index contributed by atoms with van der Waals surface area (Å²) in [5, 5.41) is 0. The van der Waals surface area contributed by atoms with E-state index in [1.54, 1.807) is 0 Å². The van der Waals surface area contributed by atoms with Crippen molar-refractivity contribution in [2.45, 2.75) is 51.9 Å². The quantitative estimate of drug-likeness (QED) is 0.786. The predicted octanol–water partition coefficient (Wildman–Crippen LogP) is 3.33. The maximum atomic E-state index is 12.6. The van der Waals surface area contributed by atoms with Gasteiger partial charge in [-0.3, -0.25) is 4.79 Å². The standard InChI is InChI=1S/C17H22F3N3O/c1-16(2,3)15(24)23-12-5-6-13(23)10-22(9-12)14-7-4-11(8-21-14)17(18,19)20/h4,7-8,12-13H,5-6,9-10H2,1-3H3. The zero-order chi connectivity index (χ0) is 17.7. The van der Waals surface area contributed by atoms with E-state index in [0.29, 0.717) is 18.9 Å². The number of aromatic nitrogens is 1. The minimum Gasteiger partial charge on any atom is -0.352 e. The van der Waals surface area contributed by atoms with Gasteiger partial charge in [-0.1, -0.05) is 20.8 Å². The van der Waals surface area contributed by atoms with Crippen LogP contribution in [0.4, 0.5) is 19.0 Å². The number of nitrogens with zero attached hydrogens (tertiary/aromatic N) is 3. The molecule has 1 aromatic heterocycles. The molecular weight excluding hydrogens is 319 g/mol. The zero-order valence-corrected chi connectivity index (χ0v) is 14.1. The maximum Gasteiger partial charge on any atom is 0.417 e. The summed E-state index contributed by atoms with van der Waals surface area (Å²) >= 11 is 0. The number of fused-ring (bicyclic) bond motifs is 2. The summed E-state index contributed by atoms with van der Waals surface area (Å²) in [6.45, 7) is 6.99. The Morgan fingerprint density at radius 1 is 1.12 bits per heavy atom. The molecule has 2 aliphatic rings. The molecule has 2 aliphatic heterocycles. The first kappa shape index (κ1) is 17.0. The zero-order valence-electron chi connectivity index (χ0n) is 14.1. The lowest BCUT2D eigenvalue weighted by molar-refractivity contribution is -0.143. The number of carbonyl (C=O) groups excluding carboxylic acids is 1. The maximum absolute atomic E-state index is 12.6. The molecule has 0 saturated carbocycles. The lowest BCUT2D eigenvalue weighted by Crippen LogP contribution is -2.58. The van der Waals surface area contributed by atoms with Crippen molar-refractivity contribution in [3.05, 3.63) is 23.9 Å². The van der Waals surface area contributed by atoms with Crippen LogP contribution in [0.3, 0.4) is 0 Å². The molecule has 0 aliphatic carbocycles. The van der Waals surface area contributed by atoms with Gasteiger partial charge in [0.1, 0.15) is 5.82 Å². The number of alkyl halides is 3. The van der Waals surface area contributed by atoms with Gasteiger partial charge < -0.3 is 9.80 Å². The van der Waals surface area contributed by atoms with Gasteiger partial charge in [-0.2, -0.15) is 13.2 Å². The van der Waals surface area contributed by atoms with E-state index >= 15 is 0 Å². The van der Waals surface area contributed by atoms with Crippen LogP contribution in [0.2, 0.25) is 0 Å². The molecule has 3 rings (SSSR count). The third-order valence-corrected chi connectivity index (χ3v) is 4.76. The number of hydrogen-bond acceptors (Lipinski definition) is 3. The number of piperazine rings is 1. The number of rotatable bonds is 1. The van der Waals surface area contributed by atoms with Crippen LogP contribution in [-0.2, 0) is 11.0 Å². The fraction of sp³-hybridized carbons (Fsp3) is 0.647. The van der Waals surface area contributed by atoms with Crippen LogP contribution in [0.15, 0.2) is 18.3 Å². The van der Waals surface area contributed by atoms with Crippen molar-refractivity contribution < 1.29 is 18.0 Å². The van der Waals surface area contributed by atoms with Gasteiger partial charge in [0.15, 0.2) is 0 Å². The monoisotopic (exact) mass is 341 g/mol. The van der Waals surface area contributed by atoms with Crippen LogP contribution >= 0.6 is 0 Å². The van der Waals surface area contributed by atoms with Gasteiger partial charge in [0, 0.05) is 36.8 Å². The Kier molecular flexibility index (Phi) is 4.00. The second-order valence-electron chi connectivity index (χ2n) is 7.66. The average molecular weight is 341 g/mol. The first-order valence-electron chi connectivity index (χ1n) is 8.18. The normalized spacial score (nSPS) is 24.4. The molecule has 0 aromatic carbocycles. The highest BCUT2D eigenvalue weighted by molar-refractivity contribution is 5.82. The van der Waals surface area contributed by atoms with Crippen molar-refractivity contribution in [3.63, 3.8) is 0 Å². The Hall–Kier alpha value is -1.79. The SMILES string of the molecule is CC(C)(C)C(=O)N1C2CCC1CN(c1ccc(C(F)(F)F)cn1)C2. The fourth-order valence-electron chi connectivity index (χ4n) is 3.55. The molecule has 2 atom stereocenters. The van der Waals surface area contributed by atoms with E-state index in [4.69, 9.17) is 0 Å². The molecule has 132 valence electrons. The van der Waals surface area contributed by atoms with E-state index < -0.39 is 17.2 Å². The van der Waals surface area contributed by atoms with Crippen LogP contribution in [0, 0.1) is 5.41 Å². The molecule has 2 fully saturated rings. The number of hydrogen-bond donors (Lipinski definition) is 0. The summed E-state index contributed by atoms with van der Waals surface area (Å²) in [6.07, 6.45) is -1.63. The molecule has 2 saturated heterocycles. The largest absolute Gasteiger partial charge is 0.417 e. The molecule has 0 spiro atoms. The van der Waals surface area contributed by atoms with Gasteiger partial charge in [-0.05, 0) is 25.0 Å². The van der Waals surface area contributed by atoms with Gasteiger partial charge in [-0.25, -0.2) is 4.98 Å². The van der Waals surface area contributed by atoms with Gasteiger partial charge in [0.2, 0.25) is 5.91 Å². The van der Waals surface area contributed by atoms with Crippen molar-refractivity contribution in [1.82, 2.24) is 9.88 Å². The molecule has 4 nitrogen and oxygen atoms in total. The van der Waals surface area contributed by atoms with Crippen molar-refractivity contribution >= 4 is 11.7 Å². The van der Waals surface area contributed by atoms with Crippen molar-refractivity contribution in [2.24, 2.45) is 5.41 Å². The summed E-state index contributed by atoms with van der Waals surface area (Å²) in [5.41, 5.74) is -1.16. The van der Waals surface area contributed by atoms with Crippen LogP contribution in [0.25, 0.3) is 0 Å². The van der Waals surface area contributed by atoms with Crippen molar-refractivity contribution in [1.29, 1.82) is 0 Å². The van der Waals surface area contributed by atoms with Crippen molar-refractivity contribution in [3.8, 4) is 0 Å². The van der Waals surface area contributed by atoms with E-state index in [1.165, 1.54) is 6.07 Å². The number of pyridine rings is 1. The molecule has 0 N–H and O–H groups in total.